The number of nitrogens with zero attached hydrogens (tertiary/aromatic N) is 1. The lowest BCUT2D eigenvalue weighted by Gasteiger charge is -2.09. The summed E-state index contributed by atoms with van der Waals surface area (Å²) in [6.07, 6.45) is 5.71. The quantitative estimate of drug-likeness (QED) is 0.746. The minimum absolute atomic E-state index is 0.248. The standard InChI is InChI=1S/C22H22F2N2/c1-3-26-21-8-4-14(2)10-18(21)19-12-17(6-9-22(19)26)25-13-15-11-16(23)5-7-20(15)24/h5-12,14,25H,3-4,13H2,1-2H3. The molecule has 26 heavy (non-hydrogen) atoms. The van der Waals surface area contributed by atoms with Crippen LogP contribution in [0.1, 0.15) is 25.8 Å². The van der Waals surface area contributed by atoms with Gasteiger partial charge in [-0.1, -0.05) is 19.1 Å². The molecule has 1 unspecified atom stereocenters. The Balaban J connectivity index is 1.73. The Morgan fingerprint density at radius 3 is 2.81 bits per heavy atom. The third kappa shape index (κ3) is 2.90. The van der Waals surface area contributed by atoms with E-state index in [0.717, 1.165) is 24.7 Å². The van der Waals surface area contributed by atoms with E-state index in [2.05, 4.69) is 48.0 Å². The summed E-state index contributed by atoms with van der Waals surface area (Å²) in [5, 5.41) is 6.99. The van der Waals surface area contributed by atoms with Crippen molar-refractivity contribution in [2.24, 2.45) is 5.92 Å². The first kappa shape index (κ1) is 16.8. The topological polar surface area (TPSA) is 17.0 Å². The molecular formula is C22H22F2N2. The molecule has 0 radical (unpaired) electrons. The number of hydrogen-bond donors (Lipinski definition) is 1. The smallest absolute Gasteiger partial charge is 0.128 e. The average molecular weight is 352 g/mol. The molecule has 0 bridgehead atoms. The second kappa shape index (κ2) is 6.60. The largest absolute Gasteiger partial charge is 0.381 e. The summed E-state index contributed by atoms with van der Waals surface area (Å²) >= 11 is 0. The second-order valence-corrected chi connectivity index (χ2v) is 6.95. The fourth-order valence-corrected chi connectivity index (χ4v) is 3.77. The highest BCUT2D eigenvalue weighted by Gasteiger charge is 2.12. The zero-order valence-corrected chi connectivity index (χ0v) is 15.0. The first-order chi connectivity index (χ1) is 12.6. The van der Waals surface area contributed by atoms with Crippen molar-refractivity contribution in [2.75, 3.05) is 5.32 Å². The number of rotatable bonds is 4. The van der Waals surface area contributed by atoms with Crippen LogP contribution >= 0.6 is 0 Å². The SMILES string of the molecule is CCn1c2c(c3cc(NCc4cc(F)ccc4F)ccc31)=CC(C)CC=2. The number of aromatic nitrogens is 1. The van der Waals surface area contributed by atoms with Crippen LogP contribution in [0.4, 0.5) is 14.5 Å². The van der Waals surface area contributed by atoms with Crippen LogP contribution in [0.15, 0.2) is 36.4 Å². The number of halogens is 2. The van der Waals surface area contributed by atoms with Crippen molar-refractivity contribution in [3.63, 3.8) is 0 Å². The Morgan fingerprint density at radius 1 is 1.15 bits per heavy atom. The first-order valence-electron chi connectivity index (χ1n) is 9.09. The summed E-state index contributed by atoms with van der Waals surface area (Å²) in [7, 11) is 0. The fraction of sp³-hybridized carbons (Fsp3) is 0.273. The molecule has 1 atom stereocenters. The third-order valence-electron chi connectivity index (χ3n) is 5.09. The predicted molar refractivity (Wildman–Crippen MR) is 103 cm³/mol. The number of benzene rings is 2. The van der Waals surface area contributed by atoms with E-state index in [-0.39, 0.29) is 6.54 Å². The van der Waals surface area contributed by atoms with Crippen LogP contribution in [0.25, 0.3) is 23.1 Å². The lowest BCUT2D eigenvalue weighted by Crippen LogP contribution is -2.32. The van der Waals surface area contributed by atoms with E-state index in [0.29, 0.717) is 11.5 Å². The van der Waals surface area contributed by atoms with Gasteiger partial charge in [-0.15, -0.1) is 0 Å². The van der Waals surface area contributed by atoms with Gasteiger partial charge in [0.2, 0.25) is 0 Å². The summed E-state index contributed by atoms with van der Waals surface area (Å²) < 4.78 is 29.5. The molecular weight excluding hydrogens is 330 g/mol. The molecule has 0 spiro atoms. The maximum atomic E-state index is 13.8. The summed E-state index contributed by atoms with van der Waals surface area (Å²) in [6.45, 7) is 5.55. The molecule has 4 heteroatoms. The summed E-state index contributed by atoms with van der Waals surface area (Å²) in [4.78, 5) is 0. The second-order valence-electron chi connectivity index (χ2n) is 6.95. The van der Waals surface area contributed by atoms with Crippen molar-refractivity contribution >= 4 is 28.7 Å². The van der Waals surface area contributed by atoms with Crippen LogP contribution in [0.2, 0.25) is 0 Å². The van der Waals surface area contributed by atoms with Gasteiger partial charge in [-0.05, 0) is 55.7 Å². The summed E-state index contributed by atoms with van der Waals surface area (Å²) in [6, 6.07) is 9.76. The molecule has 0 fully saturated rings. The molecule has 0 saturated heterocycles. The molecule has 2 aromatic carbocycles. The summed E-state index contributed by atoms with van der Waals surface area (Å²) in [5.41, 5.74) is 2.44. The van der Waals surface area contributed by atoms with E-state index in [9.17, 15) is 8.78 Å². The Kier molecular flexibility index (Phi) is 4.27. The minimum atomic E-state index is -0.424. The Bertz CT molecular complexity index is 1100. The lowest BCUT2D eigenvalue weighted by atomic mass is 10.0. The Labute approximate surface area is 151 Å². The monoisotopic (exact) mass is 352 g/mol. The number of hydrogen-bond acceptors (Lipinski definition) is 1. The lowest BCUT2D eigenvalue weighted by molar-refractivity contribution is 0.587. The van der Waals surface area contributed by atoms with Crippen molar-refractivity contribution < 1.29 is 8.78 Å². The van der Waals surface area contributed by atoms with Crippen molar-refractivity contribution in [3.8, 4) is 0 Å². The van der Waals surface area contributed by atoms with E-state index in [1.165, 1.54) is 33.6 Å². The maximum Gasteiger partial charge on any atom is 0.128 e. The van der Waals surface area contributed by atoms with Gasteiger partial charge < -0.3 is 9.88 Å². The number of aryl methyl sites for hydroxylation is 1. The highest BCUT2D eigenvalue weighted by Crippen LogP contribution is 2.20. The highest BCUT2D eigenvalue weighted by atomic mass is 19.1. The van der Waals surface area contributed by atoms with Crippen molar-refractivity contribution in [1.29, 1.82) is 0 Å². The van der Waals surface area contributed by atoms with Gasteiger partial charge in [0.05, 0.1) is 0 Å². The van der Waals surface area contributed by atoms with Gasteiger partial charge in [0, 0.05) is 45.8 Å². The average Bonchev–Trinajstić information content (AvgIpc) is 2.94. The molecule has 0 saturated carbocycles. The molecule has 4 rings (SSSR count). The van der Waals surface area contributed by atoms with Gasteiger partial charge in [0.15, 0.2) is 0 Å². The first-order valence-corrected chi connectivity index (χ1v) is 9.09. The van der Waals surface area contributed by atoms with Gasteiger partial charge in [0.1, 0.15) is 11.6 Å². The number of anilines is 1. The molecule has 1 heterocycles. The van der Waals surface area contributed by atoms with Crippen LogP contribution in [0.5, 0.6) is 0 Å². The highest BCUT2D eigenvalue weighted by molar-refractivity contribution is 5.86. The van der Waals surface area contributed by atoms with Gasteiger partial charge in [0.25, 0.3) is 0 Å². The van der Waals surface area contributed by atoms with Crippen LogP contribution in [0, 0.1) is 17.6 Å². The van der Waals surface area contributed by atoms with Crippen LogP contribution in [-0.2, 0) is 13.1 Å². The third-order valence-corrected chi connectivity index (χ3v) is 5.09. The van der Waals surface area contributed by atoms with Gasteiger partial charge >= 0.3 is 0 Å². The molecule has 1 N–H and O–H groups in total. The predicted octanol–water partition coefficient (Wildman–Crippen LogP) is 4.15. The van der Waals surface area contributed by atoms with Gasteiger partial charge in [-0.2, -0.15) is 0 Å². The zero-order chi connectivity index (χ0) is 18.3. The Hall–Kier alpha value is -2.62. The molecule has 3 aromatic rings. The normalized spacial score (nSPS) is 16.1. The molecule has 1 aliphatic rings. The van der Waals surface area contributed by atoms with Crippen molar-refractivity contribution in [1.82, 2.24) is 4.57 Å². The molecule has 0 aliphatic heterocycles. The van der Waals surface area contributed by atoms with Crippen molar-refractivity contribution in [2.45, 2.75) is 33.4 Å². The molecule has 134 valence electrons. The van der Waals surface area contributed by atoms with E-state index in [1.807, 2.05) is 6.07 Å². The number of nitrogens with one attached hydrogen (secondary N) is 1. The van der Waals surface area contributed by atoms with Crippen molar-refractivity contribution in [3.05, 3.63) is 64.2 Å². The van der Waals surface area contributed by atoms with Gasteiger partial charge in [-0.3, -0.25) is 0 Å². The van der Waals surface area contributed by atoms with Crippen LogP contribution in [0.3, 0.4) is 0 Å². The fourth-order valence-electron chi connectivity index (χ4n) is 3.77. The zero-order valence-electron chi connectivity index (χ0n) is 15.0. The molecule has 1 aliphatic carbocycles. The van der Waals surface area contributed by atoms with Crippen LogP contribution < -0.4 is 15.9 Å². The van der Waals surface area contributed by atoms with Gasteiger partial charge in [-0.25, -0.2) is 8.78 Å². The molecule has 1 aromatic heterocycles. The Morgan fingerprint density at radius 2 is 2.00 bits per heavy atom. The molecule has 2 nitrogen and oxygen atoms in total. The van der Waals surface area contributed by atoms with E-state index >= 15 is 0 Å². The van der Waals surface area contributed by atoms with E-state index in [4.69, 9.17) is 0 Å². The molecule has 0 amide bonds. The maximum absolute atomic E-state index is 13.8. The van der Waals surface area contributed by atoms with E-state index in [1.54, 1.807) is 0 Å². The minimum Gasteiger partial charge on any atom is -0.381 e. The van der Waals surface area contributed by atoms with Crippen LogP contribution in [-0.4, -0.2) is 4.57 Å². The number of fused-ring (bicyclic) bond motifs is 3. The van der Waals surface area contributed by atoms with E-state index < -0.39 is 11.6 Å². The summed E-state index contributed by atoms with van der Waals surface area (Å²) in [5.74, 6) is -0.297.